The van der Waals surface area contributed by atoms with E-state index in [0.29, 0.717) is 11.3 Å². The fourth-order valence-electron chi connectivity index (χ4n) is 2.61. The minimum Gasteiger partial charge on any atom is -0.368 e. The van der Waals surface area contributed by atoms with Gasteiger partial charge in [-0.15, -0.1) is 11.6 Å². The highest BCUT2D eigenvalue weighted by Gasteiger charge is 2.23. The average molecular weight is 265 g/mol. The minimum atomic E-state index is 0.302. The minimum absolute atomic E-state index is 0.302. The Bertz CT molecular complexity index is 524. The highest BCUT2D eigenvalue weighted by Crippen LogP contribution is 2.29. The Balaban J connectivity index is 1.71. The molecule has 1 aliphatic carbocycles. The summed E-state index contributed by atoms with van der Waals surface area (Å²) in [5.41, 5.74) is 1.01. The summed E-state index contributed by atoms with van der Waals surface area (Å²) in [4.78, 5) is 4.37. The molecule has 0 aromatic carbocycles. The third kappa shape index (κ3) is 2.29. The lowest BCUT2D eigenvalue weighted by molar-refractivity contribution is 0.380. The van der Waals surface area contributed by atoms with Gasteiger partial charge in [0.2, 0.25) is 0 Å². The number of alkyl halides is 1. The highest BCUT2D eigenvalue weighted by atomic mass is 35.5. The van der Waals surface area contributed by atoms with Crippen LogP contribution in [0.15, 0.2) is 24.7 Å². The molecule has 1 aliphatic rings. The molecule has 5 heteroatoms. The molecule has 2 aromatic heterocycles. The zero-order valence-corrected chi connectivity index (χ0v) is 11.0. The van der Waals surface area contributed by atoms with Gasteiger partial charge in [-0.2, -0.15) is 5.10 Å². The summed E-state index contributed by atoms with van der Waals surface area (Å²) in [5.74, 6) is 1.44. The predicted octanol–water partition coefficient (Wildman–Crippen LogP) is 2.94. The van der Waals surface area contributed by atoms with Crippen LogP contribution in [0, 0.1) is 5.92 Å². The maximum absolute atomic E-state index is 6.37. The fourth-order valence-corrected chi connectivity index (χ4v) is 2.98. The zero-order chi connectivity index (χ0) is 12.4. The second-order valence-corrected chi connectivity index (χ2v) is 5.44. The molecule has 18 heavy (non-hydrogen) atoms. The van der Waals surface area contributed by atoms with Crippen molar-refractivity contribution in [1.29, 1.82) is 0 Å². The molecule has 96 valence electrons. The zero-order valence-electron chi connectivity index (χ0n) is 10.2. The number of fused-ring (bicyclic) bond motifs is 1. The predicted molar refractivity (Wildman–Crippen MR) is 73.1 cm³/mol. The molecule has 0 aliphatic heterocycles. The quantitative estimate of drug-likeness (QED) is 0.867. The van der Waals surface area contributed by atoms with Gasteiger partial charge in [0.05, 0.1) is 6.20 Å². The monoisotopic (exact) mass is 264 g/mol. The number of hydrogen-bond acceptors (Lipinski definition) is 3. The van der Waals surface area contributed by atoms with E-state index >= 15 is 0 Å². The molecule has 0 spiro atoms. The molecule has 3 rings (SSSR count). The van der Waals surface area contributed by atoms with Gasteiger partial charge in [0.15, 0.2) is 5.82 Å². The maximum atomic E-state index is 6.37. The molecule has 4 nitrogen and oxygen atoms in total. The fraction of sp³-hybridized carbons (Fsp3) is 0.538. The van der Waals surface area contributed by atoms with Crippen molar-refractivity contribution in [2.24, 2.45) is 5.92 Å². The van der Waals surface area contributed by atoms with Gasteiger partial charge < -0.3 is 5.32 Å². The smallest absolute Gasteiger partial charge is 0.152 e. The second kappa shape index (κ2) is 5.14. The topological polar surface area (TPSA) is 42.2 Å². The van der Waals surface area contributed by atoms with Crippen molar-refractivity contribution in [3.05, 3.63) is 24.7 Å². The van der Waals surface area contributed by atoms with Gasteiger partial charge in [-0.05, 0) is 24.8 Å². The highest BCUT2D eigenvalue weighted by molar-refractivity contribution is 6.20. The van der Waals surface area contributed by atoms with E-state index in [4.69, 9.17) is 11.6 Å². The van der Waals surface area contributed by atoms with E-state index in [9.17, 15) is 0 Å². The Morgan fingerprint density at radius 1 is 1.33 bits per heavy atom. The Labute approximate surface area is 111 Å². The number of rotatable bonds is 3. The van der Waals surface area contributed by atoms with Crippen molar-refractivity contribution in [3.63, 3.8) is 0 Å². The lowest BCUT2D eigenvalue weighted by Gasteiger charge is -2.27. The first-order chi connectivity index (χ1) is 8.84. The average Bonchev–Trinajstić information content (AvgIpc) is 2.86. The molecule has 1 N–H and O–H groups in total. The molecule has 2 atom stereocenters. The number of nitrogens with zero attached hydrogens (tertiary/aromatic N) is 3. The Kier molecular flexibility index (Phi) is 3.37. The van der Waals surface area contributed by atoms with Gasteiger partial charge in [-0.1, -0.05) is 12.8 Å². The molecule has 0 bridgehead atoms. The maximum Gasteiger partial charge on any atom is 0.152 e. The number of halogens is 1. The third-order valence-electron chi connectivity index (χ3n) is 3.67. The first-order valence-corrected chi connectivity index (χ1v) is 6.94. The second-order valence-electron chi connectivity index (χ2n) is 4.88. The first-order valence-electron chi connectivity index (χ1n) is 6.51. The molecular weight excluding hydrogens is 248 g/mol. The van der Waals surface area contributed by atoms with Crippen LogP contribution < -0.4 is 5.32 Å². The van der Waals surface area contributed by atoms with E-state index in [1.54, 1.807) is 12.4 Å². The van der Waals surface area contributed by atoms with E-state index in [1.807, 2.05) is 16.8 Å². The molecule has 2 aromatic rings. The van der Waals surface area contributed by atoms with Crippen molar-refractivity contribution >= 4 is 22.9 Å². The number of hydrogen-bond donors (Lipinski definition) is 1. The summed E-state index contributed by atoms with van der Waals surface area (Å²) in [6.45, 7) is 0.895. The van der Waals surface area contributed by atoms with Crippen LogP contribution in [0.5, 0.6) is 0 Å². The summed E-state index contributed by atoms with van der Waals surface area (Å²) in [6, 6.07) is 1.97. The summed E-state index contributed by atoms with van der Waals surface area (Å²) < 4.78 is 1.83. The van der Waals surface area contributed by atoms with Crippen LogP contribution in [-0.4, -0.2) is 26.5 Å². The summed E-state index contributed by atoms with van der Waals surface area (Å²) in [7, 11) is 0. The Morgan fingerprint density at radius 3 is 3.11 bits per heavy atom. The molecule has 2 heterocycles. The van der Waals surface area contributed by atoms with Crippen LogP contribution >= 0.6 is 11.6 Å². The molecular formula is C13H17ClN4. The molecule has 0 saturated heterocycles. The number of nitrogens with one attached hydrogen (secondary N) is 1. The van der Waals surface area contributed by atoms with Crippen LogP contribution in [-0.2, 0) is 0 Å². The first kappa shape index (κ1) is 11.8. The largest absolute Gasteiger partial charge is 0.368 e. The van der Waals surface area contributed by atoms with Crippen LogP contribution in [0.3, 0.4) is 0 Å². The third-order valence-corrected chi connectivity index (χ3v) is 4.25. The van der Waals surface area contributed by atoms with E-state index in [-0.39, 0.29) is 0 Å². The normalized spacial score (nSPS) is 24.3. The van der Waals surface area contributed by atoms with Gasteiger partial charge in [-0.25, -0.2) is 9.50 Å². The van der Waals surface area contributed by atoms with E-state index in [1.165, 1.54) is 19.3 Å². The van der Waals surface area contributed by atoms with E-state index in [2.05, 4.69) is 15.4 Å². The van der Waals surface area contributed by atoms with Crippen LogP contribution in [0.2, 0.25) is 0 Å². The van der Waals surface area contributed by atoms with Crippen LogP contribution in [0.25, 0.3) is 5.52 Å². The van der Waals surface area contributed by atoms with Crippen LogP contribution in [0.4, 0.5) is 5.82 Å². The van der Waals surface area contributed by atoms with Crippen molar-refractivity contribution < 1.29 is 0 Å². The number of aromatic nitrogens is 3. The molecule has 1 fully saturated rings. The molecule has 2 unspecified atom stereocenters. The van der Waals surface area contributed by atoms with Gasteiger partial charge in [0, 0.05) is 24.3 Å². The van der Waals surface area contributed by atoms with Crippen LogP contribution in [0.1, 0.15) is 25.7 Å². The molecule has 0 radical (unpaired) electrons. The SMILES string of the molecule is ClC1CCCCC1CNc1nccn2nccc12. The molecule has 0 amide bonds. The van der Waals surface area contributed by atoms with Gasteiger partial charge in [0.1, 0.15) is 5.52 Å². The Hall–Kier alpha value is -1.29. The number of anilines is 1. The summed E-state index contributed by atoms with van der Waals surface area (Å²) >= 11 is 6.37. The summed E-state index contributed by atoms with van der Waals surface area (Å²) in [5, 5.41) is 7.92. The van der Waals surface area contributed by atoms with Gasteiger partial charge in [-0.3, -0.25) is 0 Å². The van der Waals surface area contributed by atoms with Gasteiger partial charge >= 0.3 is 0 Å². The van der Waals surface area contributed by atoms with Crippen molar-refractivity contribution in [3.8, 4) is 0 Å². The van der Waals surface area contributed by atoms with E-state index in [0.717, 1.165) is 24.3 Å². The lowest BCUT2D eigenvalue weighted by atomic mass is 9.89. The van der Waals surface area contributed by atoms with E-state index < -0.39 is 0 Å². The van der Waals surface area contributed by atoms with Gasteiger partial charge in [0.25, 0.3) is 0 Å². The van der Waals surface area contributed by atoms with Crippen molar-refractivity contribution in [2.45, 2.75) is 31.1 Å². The standard InChI is InChI=1S/C13H17ClN4/c14-11-4-2-1-3-10(11)9-16-13-12-5-6-17-18(12)8-7-15-13/h5-8,10-11H,1-4,9H2,(H,15,16). The summed E-state index contributed by atoms with van der Waals surface area (Å²) in [6.07, 6.45) is 10.3. The van der Waals surface area contributed by atoms with Crippen molar-refractivity contribution in [2.75, 3.05) is 11.9 Å². The lowest BCUT2D eigenvalue weighted by Crippen LogP contribution is -2.27. The Morgan fingerprint density at radius 2 is 2.22 bits per heavy atom. The molecule has 1 saturated carbocycles. The van der Waals surface area contributed by atoms with Crippen molar-refractivity contribution in [1.82, 2.24) is 14.6 Å².